The minimum absolute atomic E-state index is 0. The maximum atomic E-state index is 12.2. The van der Waals surface area contributed by atoms with Gasteiger partial charge >= 0.3 is 29.6 Å². The molecular weight excluding hydrogens is 510 g/mol. The third-order valence-electron chi connectivity index (χ3n) is 8.10. The van der Waals surface area contributed by atoms with Crippen molar-refractivity contribution in [1.82, 2.24) is 0 Å². The van der Waals surface area contributed by atoms with Gasteiger partial charge in [-0.1, -0.05) is 98.4 Å². The summed E-state index contributed by atoms with van der Waals surface area (Å²) >= 11 is 0. The van der Waals surface area contributed by atoms with Crippen molar-refractivity contribution in [3.63, 3.8) is 0 Å². The monoisotopic (exact) mass is 556 g/mol. The van der Waals surface area contributed by atoms with E-state index in [4.69, 9.17) is 0 Å². The van der Waals surface area contributed by atoms with Gasteiger partial charge in [0.05, 0.1) is 4.90 Å². The van der Waals surface area contributed by atoms with Gasteiger partial charge in [-0.25, -0.2) is 0 Å². The summed E-state index contributed by atoms with van der Waals surface area (Å²) in [6, 6.07) is 12.5. The van der Waals surface area contributed by atoms with Gasteiger partial charge in [-0.2, -0.15) is 8.42 Å². The molecule has 2 aliphatic carbocycles. The van der Waals surface area contributed by atoms with E-state index in [2.05, 4.69) is 52.0 Å². The molecule has 0 spiro atoms. The van der Waals surface area contributed by atoms with Crippen LogP contribution in [0.15, 0.2) is 41.3 Å². The van der Waals surface area contributed by atoms with E-state index in [1.807, 2.05) is 0 Å². The molecule has 2 fully saturated rings. The van der Waals surface area contributed by atoms with Gasteiger partial charge in [-0.05, 0) is 88.5 Å². The Labute approximate surface area is 248 Å². The van der Waals surface area contributed by atoms with Crippen molar-refractivity contribution >= 4 is 52.9 Å². The summed E-state index contributed by atoms with van der Waals surface area (Å²) in [7, 11) is -4.57. The predicted octanol–water partition coefficient (Wildman–Crippen LogP) is 7.15. The number of benzene rings is 2. The van der Waals surface area contributed by atoms with E-state index in [0.29, 0.717) is 0 Å². The van der Waals surface area contributed by atoms with Crippen molar-refractivity contribution in [2.45, 2.75) is 120 Å². The van der Waals surface area contributed by atoms with Crippen molar-refractivity contribution in [3.8, 4) is 11.1 Å². The maximum absolute atomic E-state index is 12.2. The molecule has 2 aromatic carbocycles. The Bertz CT molecular complexity index is 1070. The average Bonchev–Trinajstić information content (AvgIpc) is 2.84. The molecule has 2 saturated carbocycles. The molecule has 0 unspecified atom stereocenters. The molecule has 0 atom stereocenters. The van der Waals surface area contributed by atoms with Crippen LogP contribution in [-0.2, 0) is 10.1 Å². The Morgan fingerprint density at radius 3 is 1.62 bits per heavy atom. The van der Waals surface area contributed by atoms with Crippen molar-refractivity contribution in [1.29, 1.82) is 0 Å². The Morgan fingerprint density at radius 2 is 1.22 bits per heavy atom. The van der Waals surface area contributed by atoms with Gasteiger partial charge < -0.3 is 5.48 Å². The van der Waals surface area contributed by atoms with E-state index < -0.39 is 10.1 Å². The molecule has 2 aliphatic rings. The van der Waals surface area contributed by atoms with Crippen molar-refractivity contribution in [3.05, 3.63) is 47.5 Å². The molecule has 37 heavy (non-hydrogen) atoms. The van der Waals surface area contributed by atoms with Gasteiger partial charge in [0, 0.05) is 0 Å². The molecule has 0 heterocycles. The van der Waals surface area contributed by atoms with Gasteiger partial charge in [0.25, 0.3) is 10.1 Å². The topological polar surface area (TPSA) is 85.9 Å². The van der Waals surface area contributed by atoms with Crippen LogP contribution in [0, 0.1) is 0 Å². The fourth-order valence-electron chi connectivity index (χ4n) is 6.35. The summed E-state index contributed by atoms with van der Waals surface area (Å²) in [5, 5.41) is 1.53. The first kappa shape index (κ1) is 32.9. The number of rotatable bonds is 7. The fourth-order valence-corrected chi connectivity index (χ4v) is 10.9. The Balaban J connectivity index is 0.00000241. The zero-order valence-electron chi connectivity index (χ0n) is 22.5. The van der Waals surface area contributed by atoms with E-state index in [-0.39, 0.29) is 59.7 Å². The molecule has 7 heteroatoms. The standard InChI is InChI=1S/C30H43O3PS.Na.H2O.H/c1-21(2)27-19-25(35(31,32)33)20-28(22(3)4)30(27)26-17-11-12-18-29(26)34(23-13-7-5-8-14-23)24-15-9-6-10-16-24;;;/h11-12,17-24H,5-10,13-16H2,1-4H3,(H,31,32,33);;1H2;. The quantitative estimate of drug-likeness (QED) is 0.223. The van der Waals surface area contributed by atoms with E-state index >= 15 is 0 Å². The second kappa shape index (κ2) is 14.4. The third-order valence-corrected chi connectivity index (χ3v) is 12.5. The normalized spacial score (nSPS) is 17.6. The molecule has 4 nitrogen and oxygen atoms in total. The van der Waals surface area contributed by atoms with Crippen LogP contribution < -0.4 is 5.30 Å². The van der Waals surface area contributed by atoms with Crippen LogP contribution in [0.2, 0.25) is 0 Å². The van der Waals surface area contributed by atoms with Gasteiger partial charge in [0.2, 0.25) is 0 Å². The van der Waals surface area contributed by atoms with Crippen LogP contribution in [0.4, 0.5) is 0 Å². The van der Waals surface area contributed by atoms with Crippen molar-refractivity contribution < 1.29 is 18.4 Å². The number of hydrogen-bond donors (Lipinski definition) is 1. The molecule has 3 N–H and O–H groups in total. The zero-order chi connectivity index (χ0) is 25.2. The predicted molar refractivity (Wildman–Crippen MR) is 161 cm³/mol. The van der Waals surface area contributed by atoms with Crippen molar-refractivity contribution in [2.75, 3.05) is 0 Å². The van der Waals surface area contributed by atoms with Crippen LogP contribution in [0.1, 0.15) is 115 Å². The van der Waals surface area contributed by atoms with Crippen LogP contribution in [-0.4, -0.2) is 59.3 Å². The average molecular weight is 557 g/mol. The van der Waals surface area contributed by atoms with E-state index in [1.165, 1.54) is 80.6 Å². The summed E-state index contributed by atoms with van der Waals surface area (Å²) in [6.45, 7) is 8.52. The molecule has 0 aliphatic heterocycles. The van der Waals surface area contributed by atoms with E-state index in [0.717, 1.165) is 22.4 Å². The second-order valence-electron chi connectivity index (χ2n) is 11.3. The van der Waals surface area contributed by atoms with Gasteiger partial charge in [-0.3, -0.25) is 4.55 Å². The minimum atomic E-state index is -4.27. The summed E-state index contributed by atoms with van der Waals surface area (Å²) in [4.78, 5) is 0.0213. The number of hydrogen-bond acceptors (Lipinski definition) is 2. The summed E-state index contributed by atoms with van der Waals surface area (Å²) < 4.78 is 34.3. The molecular formula is C30H46NaO4PS. The Hall–Kier alpha value is -0.260. The van der Waals surface area contributed by atoms with E-state index in [1.54, 1.807) is 12.1 Å². The summed E-state index contributed by atoms with van der Waals surface area (Å²) in [5.41, 5.74) is 6.16. The Morgan fingerprint density at radius 1 is 0.784 bits per heavy atom. The molecule has 202 valence electrons. The van der Waals surface area contributed by atoms with Crippen LogP contribution in [0.5, 0.6) is 0 Å². The first-order chi connectivity index (χ1) is 16.7. The molecule has 0 aromatic heterocycles. The van der Waals surface area contributed by atoms with Crippen LogP contribution in [0.3, 0.4) is 0 Å². The molecule has 2 aromatic rings. The third kappa shape index (κ3) is 7.69. The summed E-state index contributed by atoms with van der Waals surface area (Å²) in [5.74, 6) is 0.292. The SMILES string of the molecule is CC(C)c1cc(S(=O)(=O)O)cc(C(C)C)c1-c1ccccc1P(C1CCCCC1)C1CCCCC1.O.[NaH]. The summed E-state index contributed by atoms with van der Waals surface area (Å²) in [6.07, 6.45) is 13.6. The first-order valence-electron chi connectivity index (χ1n) is 13.7. The van der Waals surface area contributed by atoms with Gasteiger partial charge in [0.15, 0.2) is 0 Å². The van der Waals surface area contributed by atoms with Crippen LogP contribution in [0.25, 0.3) is 11.1 Å². The van der Waals surface area contributed by atoms with Crippen molar-refractivity contribution in [2.24, 2.45) is 0 Å². The first-order valence-corrected chi connectivity index (χ1v) is 16.6. The van der Waals surface area contributed by atoms with E-state index in [9.17, 15) is 13.0 Å². The fraction of sp³-hybridized carbons (Fsp3) is 0.600. The molecule has 4 rings (SSSR count). The molecule has 0 radical (unpaired) electrons. The van der Waals surface area contributed by atoms with Gasteiger partial charge in [0.1, 0.15) is 0 Å². The zero-order valence-corrected chi connectivity index (χ0v) is 24.2. The second-order valence-corrected chi connectivity index (χ2v) is 15.4. The molecule has 0 saturated heterocycles. The van der Waals surface area contributed by atoms with Gasteiger partial charge in [-0.15, -0.1) is 0 Å². The van der Waals surface area contributed by atoms with Crippen LogP contribution >= 0.6 is 7.92 Å². The molecule has 0 amide bonds. The molecule has 0 bridgehead atoms. The Kier molecular flexibility index (Phi) is 12.8.